The monoisotopic (exact) mass is 515 g/mol. The Kier molecular flexibility index (Phi) is 5.09. The van der Waals surface area contributed by atoms with E-state index in [2.05, 4.69) is 19.6 Å². The van der Waals surface area contributed by atoms with Crippen LogP contribution in [0.1, 0.15) is 22.8 Å². The van der Waals surface area contributed by atoms with Crippen molar-refractivity contribution in [3.63, 3.8) is 0 Å². The lowest BCUT2D eigenvalue weighted by Crippen LogP contribution is -2.26. The molecule has 0 bridgehead atoms. The summed E-state index contributed by atoms with van der Waals surface area (Å²) >= 11 is 0. The molecule has 35 heavy (non-hydrogen) atoms. The number of carbonyl (C=O) groups excluding carboxylic acids is 1. The fourth-order valence-corrected chi connectivity index (χ4v) is 5.25. The van der Waals surface area contributed by atoms with E-state index >= 15 is 0 Å². The van der Waals surface area contributed by atoms with Gasteiger partial charge in [-0.15, -0.1) is 8.78 Å². The van der Waals surface area contributed by atoms with E-state index in [1.54, 1.807) is 0 Å². The second-order valence-corrected chi connectivity index (χ2v) is 10.1. The summed E-state index contributed by atoms with van der Waals surface area (Å²) in [6.07, 6.45) is -3.95. The molecule has 186 valence electrons. The number of ether oxygens (including phenoxy) is 2. The third kappa shape index (κ3) is 3.79. The molecule has 5 rings (SSSR count). The number of aromatic nitrogens is 4. The summed E-state index contributed by atoms with van der Waals surface area (Å²) in [6.45, 7) is 0.599. The third-order valence-electron chi connectivity index (χ3n) is 5.60. The minimum atomic E-state index is -3.92. The molecule has 0 unspecified atom stereocenters. The minimum absolute atomic E-state index is 0.0295. The molecule has 1 aromatic carbocycles. The van der Waals surface area contributed by atoms with Crippen LogP contribution in [0.5, 0.6) is 11.5 Å². The maximum Gasteiger partial charge on any atom is 0.586 e. The number of anilines is 1. The van der Waals surface area contributed by atoms with Gasteiger partial charge < -0.3 is 14.0 Å². The molecule has 10 nitrogen and oxygen atoms in total. The van der Waals surface area contributed by atoms with Crippen molar-refractivity contribution in [2.45, 2.75) is 37.8 Å². The van der Waals surface area contributed by atoms with Gasteiger partial charge in [0.2, 0.25) is 0 Å². The Morgan fingerprint density at radius 2 is 1.89 bits per heavy atom. The van der Waals surface area contributed by atoms with Gasteiger partial charge in [0.25, 0.3) is 12.3 Å². The molecule has 0 radical (unpaired) electrons. The van der Waals surface area contributed by atoms with Crippen molar-refractivity contribution in [2.75, 3.05) is 10.7 Å². The Balaban J connectivity index is 1.58. The topological polar surface area (TPSA) is 109 Å². The highest BCUT2D eigenvalue weighted by atomic mass is 32.2. The van der Waals surface area contributed by atoms with E-state index in [9.17, 15) is 30.8 Å². The van der Waals surface area contributed by atoms with Crippen molar-refractivity contribution >= 4 is 21.6 Å². The molecule has 0 saturated carbocycles. The van der Waals surface area contributed by atoms with Gasteiger partial charge >= 0.3 is 6.29 Å². The number of rotatable bonds is 6. The highest BCUT2D eigenvalue weighted by Gasteiger charge is 2.46. The average molecular weight is 515 g/mol. The Bertz CT molecular complexity index is 1470. The van der Waals surface area contributed by atoms with Crippen molar-refractivity contribution in [1.82, 2.24) is 19.3 Å². The van der Waals surface area contributed by atoms with E-state index in [0.29, 0.717) is 5.56 Å². The van der Waals surface area contributed by atoms with Gasteiger partial charge in [0, 0.05) is 18.8 Å². The van der Waals surface area contributed by atoms with Crippen LogP contribution in [-0.2, 0) is 30.0 Å². The number of hydrogen-bond donors (Lipinski definition) is 0. The molecular formula is C20H17F4N5O5S. The summed E-state index contributed by atoms with van der Waals surface area (Å²) in [6, 6.07) is 2.34. The standard InChI is InChI=1S/C20H17F4N5O5S/c1-3-35(31,32)19-17(26-16(27(19)2)11-6-25-28(7-11)9-15(21)22)29-8-10-4-13-14(5-12(10)18(29)30)34-20(23,24)33-13/h4-7,15H,3,8-9H2,1-2H3. The number of carbonyl (C=O) groups is 1. The number of hydrogen-bond acceptors (Lipinski definition) is 7. The molecule has 2 aliphatic rings. The van der Waals surface area contributed by atoms with Crippen LogP contribution in [0.15, 0.2) is 29.6 Å². The molecular weight excluding hydrogens is 498 g/mol. The summed E-state index contributed by atoms with van der Waals surface area (Å²) in [5.74, 6) is -1.64. The molecule has 4 heterocycles. The lowest BCUT2D eigenvalue weighted by atomic mass is 10.1. The Morgan fingerprint density at radius 1 is 1.20 bits per heavy atom. The number of benzene rings is 1. The Labute approximate surface area is 195 Å². The van der Waals surface area contributed by atoms with Crippen molar-refractivity contribution in [3.8, 4) is 22.9 Å². The molecule has 0 atom stereocenters. The summed E-state index contributed by atoms with van der Waals surface area (Å²) in [4.78, 5) is 18.7. The minimum Gasteiger partial charge on any atom is -0.395 e. The van der Waals surface area contributed by atoms with Crippen LogP contribution in [0.4, 0.5) is 23.4 Å². The second kappa shape index (κ2) is 7.69. The maximum atomic E-state index is 13.4. The number of alkyl halides is 4. The normalized spacial score (nSPS) is 16.4. The molecule has 0 spiro atoms. The molecule has 2 aromatic heterocycles. The molecule has 0 aliphatic carbocycles. The van der Waals surface area contributed by atoms with Crippen LogP contribution in [-0.4, -0.2) is 52.1 Å². The number of sulfone groups is 1. The first kappa shape index (κ1) is 23.1. The summed E-state index contributed by atoms with van der Waals surface area (Å²) in [5, 5.41) is 3.59. The van der Waals surface area contributed by atoms with Gasteiger partial charge in [0.1, 0.15) is 12.4 Å². The fraction of sp³-hybridized carbons (Fsp3) is 0.350. The van der Waals surface area contributed by atoms with Gasteiger partial charge in [0.05, 0.1) is 24.1 Å². The van der Waals surface area contributed by atoms with Crippen molar-refractivity contribution in [2.24, 2.45) is 7.05 Å². The molecule has 15 heteroatoms. The van der Waals surface area contributed by atoms with Gasteiger partial charge in [0.15, 0.2) is 32.2 Å². The van der Waals surface area contributed by atoms with Crippen LogP contribution >= 0.6 is 0 Å². The second-order valence-electron chi connectivity index (χ2n) is 7.88. The van der Waals surface area contributed by atoms with Crippen molar-refractivity contribution in [3.05, 3.63) is 35.7 Å². The van der Waals surface area contributed by atoms with Crippen molar-refractivity contribution in [1.29, 1.82) is 0 Å². The first-order valence-corrected chi connectivity index (χ1v) is 11.9. The fourth-order valence-electron chi connectivity index (χ4n) is 4.03. The van der Waals surface area contributed by atoms with Gasteiger partial charge in [-0.2, -0.15) is 5.10 Å². The highest BCUT2D eigenvalue weighted by molar-refractivity contribution is 7.91. The first-order valence-electron chi connectivity index (χ1n) is 10.2. The van der Waals surface area contributed by atoms with E-state index in [0.717, 1.165) is 15.6 Å². The van der Waals surface area contributed by atoms with E-state index in [1.165, 1.54) is 37.0 Å². The predicted molar refractivity (Wildman–Crippen MR) is 111 cm³/mol. The number of amides is 1. The molecule has 2 aliphatic heterocycles. The molecule has 0 saturated heterocycles. The Morgan fingerprint density at radius 3 is 2.54 bits per heavy atom. The zero-order valence-electron chi connectivity index (χ0n) is 18.2. The van der Waals surface area contributed by atoms with Gasteiger partial charge in [-0.05, 0) is 17.7 Å². The quantitative estimate of drug-likeness (QED) is 0.465. The number of fused-ring (bicyclic) bond motifs is 2. The van der Waals surface area contributed by atoms with Crippen molar-refractivity contribution < 1.29 is 40.2 Å². The molecule has 0 N–H and O–H groups in total. The lowest BCUT2D eigenvalue weighted by molar-refractivity contribution is -0.286. The van der Waals surface area contributed by atoms with Crippen LogP contribution in [0.3, 0.4) is 0 Å². The Hall–Kier alpha value is -3.62. The van der Waals surface area contributed by atoms with Crippen LogP contribution < -0.4 is 14.4 Å². The van der Waals surface area contributed by atoms with E-state index in [4.69, 9.17) is 0 Å². The van der Waals surface area contributed by atoms with Gasteiger partial charge in [-0.25, -0.2) is 22.2 Å². The highest BCUT2D eigenvalue weighted by Crippen LogP contribution is 2.45. The smallest absolute Gasteiger partial charge is 0.395 e. The molecule has 3 aromatic rings. The number of nitrogens with zero attached hydrogens (tertiary/aromatic N) is 5. The average Bonchev–Trinajstić information content (AvgIpc) is 3.49. The van der Waals surface area contributed by atoms with Crippen LogP contribution in [0.2, 0.25) is 0 Å². The van der Waals surface area contributed by atoms with E-state index < -0.39 is 35.0 Å². The number of halogens is 4. The first-order chi connectivity index (χ1) is 16.4. The largest absolute Gasteiger partial charge is 0.586 e. The summed E-state index contributed by atoms with van der Waals surface area (Å²) < 4.78 is 89.3. The van der Waals surface area contributed by atoms with E-state index in [-0.39, 0.29) is 51.6 Å². The zero-order valence-corrected chi connectivity index (χ0v) is 19.0. The lowest BCUT2D eigenvalue weighted by Gasteiger charge is -2.15. The van der Waals surface area contributed by atoms with Gasteiger partial charge in [-0.3, -0.25) is 14.4 Å². The molecule has 1 amide bonds. The SMILES string of the molecule is CCS(=O)(=O)c1c(N2Cc3cc4c(cc3C2=O)OC(F)(F)O4)nc(-c2cnn(CC(F)F)c2)n1C. The summed E-state index contributed by atoms with van der Waals surface area (Å²) in [7, 11) is -2.50. The zero-order chi connectivity index (χ0) is 25.3. The maximum absolute atomic E-state index is 13.4. The third-order valence-corrected chi connectivity index (χ3v) is 7.41. The summed E-state index contributed by atoms with van der Waals surface area (Å²) in [5.41, 5.74) is 0.604. The van der Waals surface area contributed by atoms with E-state index in [1.807, 2.05) is 0 Å². The predicted octanol–water partition coefficient (Wildman–Crippen LogP) is 2.82. The van der Waals surface area contributed by atoms with Crippen LogP contribution in [0.25, 0.3) is 11.4 Å². The molecule has 0 fully saturated rings. The number of imidazole rings is 1. The van der Waals surface area contributed by atoms with Gasteiger partial charge in [-0.1, -0.05) is 6.92 Å². The van der Waals surface area contributed by atoms with Crippen LogP contribution in [0, 0.1) is 0 Å².